The van der Waals surface area contributed by atoms with Crippen molar-refractivity contribution in [1.29, 1.82) is 0 Å². The van der Waals surface area contributed by atoms with E-state index in [0.717, 1.165) is 16.7 Å². The Morgan fingerprint density at radius 2 is 2.00 bits per heavy atom. The average molecular weight is 322 g/mol. The fourth-order valence-electron chi connectivity index (χ4n) is 2.26. The van der Waals surface area contributed by atoms with E-state index in [1.54, 1.807) is 0 Å². The SMILES string of the molecule is Cc1nn(C)c(C)c1CN[C@H](C)c1ccccc1Br. The third-order valence-electron chi connectivity index (χ3n) is 3.62. The maximum absolute atomic E-state index is 4.45. The van der Waals surface area contributed by atoms with Crippen LogP contribution in [0.5, 0.6) is 0 Å². The monoisotopic (exact) mass is 321 g/mol. The molecule has 3 nitrogen and oxygen atoms in total. The first kappa shape index (κ1) is 14.3. The molecule has 19 heavy (non-hydrogen) atoms. The minimum absolute atomic E-state index is 0.301. The van der Waals surface area contributed by atoms with Gasteiger partial charge in [0.15, 0.2) is 0 Å². The van der Waals surface area contributed by atoms with Crippen LogP contribution in [0.2, 0.25) is 0 Å². The van der Waals surface area contributed by atoms with Gasteiger partial charge in [0.05, 0.1) is 5.69 Å². The number of rotatable bonds is 4. The molecule has 1 heterocycles. The lowest BCUT2D eigenvalue weighted by molar-refractivity contribution is 0.569. The van der Waals surface area contributed by atoms with Crippen LogP contribution in [0.4, 0.5) is 0 Å². The Kier molecular flexibility index (Phi) is 4.42. The van der Waals surface area contributed by atoms with E-state index >= 15 is 0 Å². The molecule has 4 heteroatoms. The van der Waals surface area contributed by atoms with Gasteiger partial charge in [-0.1, -0.05) is 34.1 Å². The van der Waals surface area contributed by atoms with Gasteiger partial charge in [-0.3, -0.25) is 4.68 Å². The summed E-state index contributed by atoms with van der Waals surface area (Å²) >= 11 is 3.60. The minimum Gasteiger partial charge on any atom is -0.306 e. The van der Waals surface area contributed by atoms with Crippen molar-refractivity contribution in [2.75, 3.05) is 0 Å². The van der Waals surface area contributed by atoms with Crippen molar-refractivity contribution < 1.29 is 0 Å². The number of benzene rings is 1. The Balaban J connectivity index is 2.09. The first-order valence-electron chi connectivity index (χ1n) is 6.47. The van der Waals surface area contributed by atoms with Crippen molar-refractivity contribution in [3.63, 3.8) is 0 Å². The van der Waals surface area contributed by atoms with Crippen LogP contribution < -0.4 is 5.32 Å². The molecule has 0 aliphatic heterocycles. The zero-order valence-electron chi connectivity index (χ0n) is 11.9. The van der Waals surface area contributed by atoms with Crippen LogP contribution >= 0.6 is 15.9 Å². The van der Waals surface area contributed by atoms with Gasteiger partial charge in [-0.25, -0.2) is 0 Å². The minimum atomic E-state index is 0.301. The molecule has 102 valence electrons. The van der Waals surface area contributed by atoms with E-state index in [9.17, 15) is 0 Å². The van der Waals surface area contributed by atoms with Gasteiger partial charge < -0.3 is 5.32 Å². The van der Waals surface area contributed by atoms with Gasteiger partial charge >= 0.3 is 0 Å². The number of aromatic nitrogens is 2. The third-order valence-corrected chi connectivity index (χ3v) is 4.34. The maximum Gasteiger partial charge on any atom is 0.0641 e. The first-order valence-corrected chi connectivity index (χ1v) is 7.27. The molecule has 0 saturated carbocycles. The molecular weight excluding hydrogens is 302 g/mol. The molecule has 0 aliphatic carbocycles. The highest BCUT2D eigenvalue weighted by molar-refractivity contribution is 9.10. The molecule has 0 spiro atoms. The van der Waals surface area contributed by atoms with Gasteiger partial charge in [-0.2, -0.15) is 5.10 Å². The summed E-state index contributed by atoms with van der Waals surface area (Å²) in [6, 6.07) is 8.63. The fraction of sp³-hybridized carbons (Fsp3) is 0.400. The molecule has 0 saturated heterocycles. The molecule has 1 atom stereocenters. The molecule has 0 aliphatic rings. The summed E-state index contributed by atoms with van der Waals surface area (Å²) in [6.07, 6.45) is 0. The van der Waals surface area contributed by atoms with Crippen molar-refractivity contribution in [3.8, 4) is 0 Å². The first-order chi connectivity index (χ1) is 9.00. The summed E-state index contributed by atoms with van der Waals surface area (Å²) < 4.78 is 3.09. The van der Waals surface area contributed by atoms with Crippen LogP contribution in [0.15, 0.2) is 28.7 Å². The summed E-state index contributed by atoms with van der Waals surface area (Å²) in [5, 5.41) is 8.01. The second-order valence-corrected chi connectivity index (χ2v) is 5.75. The molecule has 0 amide bonds. The van der Waals surface area contributed by atoms with Crippen LogP contribution in [0, 0.1) is 13.8 Å². The van der Waals surface area contributed by atoms with Crippen LogP contribution in [0.3, 0.4) is 0 Å². The highest BCUT2D eigenvalue weighted by atomic mass is 79.9. The molecule has 1 aromatic heterocycles. The molecule has 0 unspecified atom stereocenters. The number of hydrogen-bond acceptors (Lipinski definition) is 2. The van der Waals surface area contributed by atoms with Gasteiger partial charge in [0.25, 0.3) is 0 Å². The van der Waals surface area contributed by atoms with E-state index in [-0.39, 0.29) is 0 Å². The summed E-state index contributed by atoms with van der Waals surface area (Å²) in [7, 11) is 1.99. The predicted octanol–water partition coefficient (Wildman–Crippen LogP) is 3.65. The molecule has 0 bridgehead atoms. The van der Waals surface area contributed by atoms with E-state index in [1.807, 2.05) is 17.8 Å². The molecule has 0 fully saturated rings. The standard InChI is InChI=1S/C15H20BrN3/c1-10(13-7-5-6-8-15(13)16)17-9-14-11(2)18-19(4)12(14)3/h5-8,10,17H,9H2,1-4H3/t10-/m1/s1. The molecule has 0 radical (unpaired) electrons. The number of nitrogens with one attached hydrogen (secondary N) is 1. The van der Waals surface area contributed by atoms with Gasteiger partial charge in [0.2, 0.25) is 0 Å². The Bertz CT molecular complexity index is 575. The van der Waals surface area contributed by atoms with E-state index in [1.165, 1.54) is 16.8 Å². The van der Waals surface area contributed by atoms with Crippen molar-refractivity contribution in [2.45, 2.75) is 33.4 Å². The third kappa shape index (κ3) is 3.07. The highest BCUT2D eigenvalue weighted by Crippen LogP contribution is 2.23. The number of aryl methyl sites for hydroxylation is 2. The summed E-state index contributed by atoms with van der Waals surface area (Å²) in [6.45, 7) is 7.20. The Morgan fingerprint density at radius 1 is 1.32 bits per heavy atom. The zero-order valence-corrected chi connectivity index (χ0v) is 13.5. The lowest BCUT2D eigenvalue weighted by Gasteiger charge is -2.16. The quantitative estimate of drug-likeness (QED) is 0.931. The predicted molar refractivity (Wildman–Crippen MR) is 82.1 cm³/mol. The number of halogens is 1. The van der Waals surface area contributed by atoms with Crippen molar-refractivity contribution in [2.24, 2.45) is 7.05 Å². The van der Waals surface area contributed by atoms with Crippen molar-refractivity contribution in [1.82, 2.24) is 15.1 Å². The van der Waals surface area contributed by atoms with Crippen LogP contribution in [0.1, 0.15) is 35.5 Å². The van der Waals surface area contributed by atoms with Gasteiger partial charge in [-0.05, 0) is 32.4 Å². The topological polar surface area (TPSA) is 29.9 Å². The fourth-order valence-corrected chi connectivity index (χ4v) is 2.89. The zero-order chi connectivity index (χ0) is 14.0. The summed E-state index contributed by atoms with van der Waals surface area (Å²) in [5.74, 6) is 0. The summed E-state index contributed by atoms with van der Waals surface area (Å²) in [5.41, 5.74) is 4.90. The van der Waals surface area contributed by atoms with E-state index in [4.69, 9.17) is 0 Å². The van der Waals surface area contributed by atoms with Gasteiger partial charge in [-0.15, -0.1) is 0 Å². The maximum atomic E-state index is 4.45. The molecule has 1 aromatic carbocycles. The Labute approximate surface area is 123 Å². The Hall–Kier alpha value is -1.13. The van der Waals surface area contributed by atoms with E-state index in [2.05, 4.69) is 65.3 Å². The van der Waals surface area contributed by atoms with Gasteiger partial charge in [0, 0.05) is 35.4 Å². The normalized spacial score (nSPS) is 12.7. The van der Waals surface area contributed by atoms with Crippen LogP contribution in [0.25, 0.3) is 0 Å². The van der Waals surface area contributed by atoms with Crippen LogP contribution in [-0.4, -0.2) is 9.78 Å². The van der Waals surface area contributed by atoms with Crippen molar-refractivity contribution in [3.05, 3.63) is 51.3 Å². The van der Waals surface area contributed by atoms with Crippen LogP contribution in [-0.2, 0) is 13.6 Å². The molecule has 2 rings (SSSR count). The molecular formula is C15H20BrN3. The summed E-state index contributed by atoms with van der Waals surface area (Å²) in [4.78, 5) is 0. The smallest absolute Gasteiger partial charge is 0.0641 e. The number of nitrogens with zero attached hydrogens (tertiary/aromatic N) is 2. The average Bonchev–Trinajstić information content (AvgIpc) is 2.61. The van der Waals surface area contributed by atoms with E-state index in [0.29, 0.717) is 6.04 Å². The second kappa shape index (κ2) is 5.88. The molecule has 1 N–H and O–H groups in total. The lowest BCUT2D eigenvalue weighted by Crippen LogP contribution is -2.19. The second-order valence-electron chi connectivity index (χ2n) is 4.90. The lowest BCUT2D eigenvalue weighted by atomic mass is 10.1. The molecule has 2 aromatic rings. The largest absolute Gasteiger partial charge is 0.306 e. The Morgan fingerprint density at radius 3 is 2.58 bits per heavy atom. The highest BCUT2D eigenvalue weighted by Gasteiger charge is 2.12. The van der Waals surface area contributed by atoms with Gasteiger partial charge in [0.1, 0.15) is 0 Å². The number of hydrogen-bond donors (Lipinski definition) is 1. The van der Waals surface area contributed by atoms with Crippen molar-refractivity contribution >= 4 is 15.9 Å². The van der Waals surface area contributed by atoms with E-state index < -0.39 is 0 Å².